The zero-order valence-electron chi connectivity index (χ0n) is 15.2. The highest BCUT2D eigenvalue weighted by Gasteiger charge is 2.05. The largest absolute Gasteiger partial charge is 0.397 e. The Morgan fingerprint density at radius 3 is 1.59 bits per heavy atom. The normalized spacial score (nSPS) is 12.5. The van der Waals surface area contributed by atoms with Gasteiger partial charge in [-0.2, -0.15) is 0 Å². The van der Waals surface area contributed by atoms with Crippen molar-refractivity contribution >= 4 is 34.2 Å². The lowest BCUT2D eigenvalue weighted by Gasteiger charge is -1.85. The number of aryl methyl sites for hydroxylation is 2. The number of aromatic amines is 2. The SMILES string of the molecule is C1=Cc2cc3ccc(cc4nc(cc5ccc(cc1n2)[nH]5)CC4)[nH]3.CCO. The van der Waals surface area contributed by atoms with E-state index in [4.69, 9.17) is 10.1 Å². The Bertz CT molecular complexity index is 1050. The minimum Gasteiger partial charge on any atom is -0.397 e. The lowest BCUT2D eigenvalue weighted by atomic mass is 10.2. The van der Waals surface area contributed by atoms with Crippen LogP contribution in [0, 0.1) is 0 Å². The Balaban J connectivity index is 0.000000565. The van der Waals surface area contributed by atoms with Gasteiger partial charge in [-0.25, -0.2) is 4.98 Å². The first kappa shape index (κ1) is 17.2. The summed E-state index contributed by atoms with van der Waals surface area (Å²) in [5.41, 5.74) is 8.40. The lowest BCUT2D eigenvalue weighted by Crippen LogP contribution is -1.77. The van der Waals surface area contributed by atoms with E-state index < -0.39 is 0 Å². The van der Waals surface area contributed by atoms with Gasteiger partial charge in [-0.15, -0.1) is 0 Å². The van der Waals surface area contributed by atoms with Gasteiger partial charge in [-0.1, -0.05) is 0 Å². The molecule has 0 saturated heterocycles. The van der Waals surface area contributed by atoms with Crippen LogP contribution in [-0.4, -0.2) is 31.6 Å². The average Bonchev–Trinajstić information content (AvgIpc) is 3.41. The third-order valence-electron chi connectivity index (χ3n) is 4.32. The molecule has 136 valence electrons. The van der Waals surface area contributed by atoms with E-state index in [-0.39, 0.29) is 6.61 Å². The number of H-pyrrole nitrogens is 2. The summed E-state index contributed by atoms with van der Waals surface area (Å²) in [5.74, 6) is 0. The van der Waals surface area contributed by atoms with E-state index in [0.717, 1.165) is 57.7 Å². The van der Waals surface area contributed by atoms with E-state index in [2.05, 4.69) is 63.5 Å². The summed E-state index contributed by atoms with van der Waals surface area (Å²) in [4.78, 5) is 16.2. The summed E-state index contributed by atoms with van der Waals surface area (Å²) < 4.78 is 0. The van der Waals surface area contributed by atoms with Gasteiger partial charge in [0.25, 0.3) is 0 Å². The number of nitrogens with one attached hydrogen (secondary N) is 2. The number of rotatable bonds is 0. The Morgan fingerprint density at radius 2 is 1.15 bits per heavy atom. The molecule has 0 spiro atoms. The molecule has 5 heteroatoms. The van der Waals surface area contributed by atoms with Crippen LogP contribution in [0.25, 0.3) is 34.2 Å². The molecule has 0 aliphatic carbocycles. The highest BCUT2D eigenvalue weighted by molar-refractivity contribution is 5.74. The molecule has 27 heavy (non-hydrogen) atoms. The first-order valence-electron chi connectivity index (χ1n) is 9.17. The molecule has 5 rings (SSSR count). The van der Waals surface area contributed by atoms with Crippen LogP contribution >= 0.6 is 0 Å². The van der Waals surface area contributed by atoms with Crippen LogP contribution in [0.1, 0.15) is 29.7 Å². The Hall–Kier alpha value is -3.18. The van der Waals surface area contributed by atoms with Crippen molar-refractivity contribution in [2.75, 3.05) is 6.61 Å². The maximum Gasteiger partial charge on any atom is 0.0658 e. The third-order valence-corrected chi connectivity index (χ3v) is 4.32. The van der Waals surface area contributed by atoms with Crippen LogP contribution in [0.5, 0.6) is 0 Å². The molecule has 5 heterocycles. The molecular weight excluding hydrogens is 336 g/mol. The second kappa shape index (κ2) is 7.60. The highest BCUT2D eigenvalue weighted by Crippen LogP contribution is 2.16. The predicted molar refractivity (Wildman–Crippen MR) is 110 cm³/mol. The maximum atomic E-state index is 7.57. The topological polar surface area (TPSA) is 77.6 Å². The zero-order chi connectivity index (χ0) is 18.6. The molecule has 0 saturated carbocycles. The summed E-state index contributed by atoms with van der Waals surface area (Å²) in [6, 6.07) is 16.7. The molecule has 0 aromatic carbocycles. The molecule has 8 bridgehead atoms. The standard InChI is InChI=1S/C20H16N4.C2H6O/c1-2-14-10-16-5-6-18(23-16)12-20-8-7-19(24-20)11-17-4-3-15(22-17)9-13(1)21-14;1-2-3/h1-6,9-12,22-23H,7-8H2;3H,2H2,1H3. The number of fused-ring (bicyclic) bond motifs is 8. The second-order valence-electron chi connectivity index (χ2n) is 6.52. The quantitative estimate of drug-likeness (QED) is 0.439. The molecule has 0 radical (unpaired) electrons. The number of hydrogen-bond acceptors (Lipinski definition) is 3. The summed E-state index contributed by atoms with van der Waals surface area (Å²) in [6.45, 7) is 1.93. The van der Waals surface area contributed by atoms with Gasteiger partial charge in [0.2, 0.25) is 0 Å². The van der Waals surface area contributed by atoms with Crippen molar-refractivity contribution in [2.45, 2.75) is 19.8 Å². The number of aromatic nitrogens is 4. The predicted octanol–water partition coefficient (Wildman–Crippen LogP) is 4.27. The fourth-order valence-corrected chi connectivity index (χ4v) is 3.19. The van der Waals surface area contributed by atoms with Crippen molar-refractivity contribution in [2.24, 2.45) is 0 Å². The Morgan fingerprint density at radius 1 is 0.741 bits per heavy atom. The number of aliphatic hydroxyl groups is 1. The first-order valence-corrected chi connectivity index (χ1v) is 9.17. The fraction of sp³-hybridized carbons (Fsp3) is 0.182. The minimum absolute atomic E-state index is 0.250. The summed E-state index contributed by atoms with van der Waals surface area (Å²) in [5, 5.41) is 7.57. The molecule has 0 atom stereocenters. The van der Waals surface area contributed by atoms with Gasteiger partial charge in [0, 0.05) is 40.1 Å². The second-order valence-corrected chi connectivity index (χ2v) is 6.52. The van der Waals surface area contributed by atoms with Gasteiger partial charge in [-0.3, -0.25) is 4.98 Å². The molecule has 5 nitrogen and oxygen atoms in total. The molecule has 2 aliphatic heterocycles. The van der Waals surface area contributed by atoms with E-state index in [1.807, 2.05) is 12.2 Å². The maximum absolute atomic E-state index is 7.57. The monoisotopic (exact) mass is 358 g/mol. The number of aliphatic hydroxyl groups excluding tert-OH is 1. The van der Waals surface area contributed by atoms with Gasteiger partial charge in [0.05, 0.1) is 11.4 Å². The fourth-order valence-electron chi connectivity index (χ4n) is 3.19. The molecular formula is C22H22N4O. The average molecular weight is 358 g/mol. The van der Waals surface area contributed by atoms with Crippen LogP contribution < -0.4 is 0 Å². The van der Waals surface area contributed by atoms with E-state index in [1.54, 1.807) is 6.92 Å². The van der Waals surface area contributed by atoms with E-state index in [0.29, 0.717) is 0 Å². The van der Waals surface area contributed by atoms with Gasteiger partial charge >= 0.3 is 0 Å². The molecule has 3 aromatic heterocycles. The summed E-state index contributed by atoms with van der Waals surface area (Å²) in [6.07, 6.45) is 6.03. The Kier molecular flexibility index (Phi) is 4.85. The van der Waals surface area contributed by atoms with E-state index in [1.165, 1.54) is 0 Å². The van der Waals surface area contributed by atoms with Gasteiger partial charge in [0.15, 0.2) is 0 Å². The minimum atomic E-state index is 0.250. The van der Waals surface area contributed by atoms with E-state index >= 15 is 0 Å². The van der Waals surface area contributed by atoms with Crippen LogP contribution in [0.4, 0.5) is 0 Å². The van der Waals surface area contributed by atoms with Gasteiger partial charge < -0.3 is 15.1 Å². The van der Waals surface area contributed by atoms with Gasteiger partial charge in [0.1, 0.15) is 0 Å². The molecule has 0 amide bonds. The van der Waals surface area contributed by atoms with Crippen molar-refractivity contribution in [3.8, 4) is 0 Å². The molecule has 2 aliphatic rings. The smallest absolute Gasteiger partial charge is 0.0658 e. The molecule has 0 unspecified atom stereocenters. The molecule has 0 fully saturated rings. The van der Waals surface area contributed by atoms with Crippen LogP contribution in [-0.2, 0) is 12.8 Å². The highest BCUT2D eigenvalue weighted by atomic mass is 16.2. The van der Waals surface area contributed by atoms with Crippen molar-refractivity contribution < 1.29 is 5.11 Å². The van der Waals surface area contributed by atoms with Crippen molar-refractivity contribution in [3.05, 3.63) is 71.3 Å². The van der Waals surface area contributed by atoms with Crippen LogP contribution in [0.2, 0.25) is 0 Å². The Labute approximate surface area is 157 Å². The summed E-state index contributed by atoms with van der Waals surface area (Å²) >= 11 is 0. The third kappa shape index (κ3) is 4.15. The van der Waals surface area contributed by atoms with Crippen molar-refractivity contribution in [1.29, 1.82) is 0 Å². The van der Waals surface area contributed by atoms with Crippen molar-refractivity contribution in [3.63, 3.8) is 0 Å². The molecule has 3 N–H and O–H groups in total. The van der Waals surface area contributed by atoms with Gasteiger partial charge in [-0.05, 0) is 80.4 Å². The number of nitrogens with zero attached hydrogens (tertiary/aromatic N) is 2. The first-order chi connectivity index (χ1) is 13.2. The summed E-state index contributed by atoms with van der Waals surface area (Å²) in [7, 11) is 0. The lowest BCUT2D eigenvalue weighted by molar-refractivity contribution is 0.318. The van der Waals surface area contributed by atoms with Crippen molar-refractivity contribution in [1.82, 2.24) is 19.9 Å². The molecule has 3 aromatic rings. The number of hydrogen-bond donors (Lipinski definition) is 3. The van der Waals surface area contributed by atoms with E-state index in [9.17, 15) is 0 Å². The van der Waals surface area contributed by atoms with Crippen LogP contribution in [0.15, 0.2) is 48.5 Å². The zero-order valence-corrected chi connectivity index (χ0v) is 15.2. The van der Waals surface area contributed by atoms with Crippen LogP contribution in [0.3, 0.4) is 0 Å².